The molecule has 1 saturated heterocycles. The minimum atomic E-state index is -3.79. The van der Waals surface area contributed by atoms with Gasteiger partial charge in [0.2, 0.25) is 15.9 Å². The van der Waals surface area contributed by atoms with Crippen molar-refractivity contribution in [2.45, 2.75) is 37.0 Å². The van der Waals surface area contributed by atoms with Crippen molar-refractivity contribution >= 4 is 27.5 Å². The van der Waals surface area contributed by atoms with Crippen molar-refractivity contribution in [1.82, 2.24) is 4.31 Å². The largest absolute Gasteiger partial charge is 0.495 e. The first-order valence-corrected chi connectivity index (χ1v) is 11.6. The molecular formula is C22H27N3O5S. The topological polar surface area (TPSA) is 119 Å². The second-order valence-corrected chi connectivity index (χ2v) is 9.38. The van der Waals surface area contributed by atoms with E-state index in [1.165, 1.54) is 29.6 Å². The molecule has 3 N–H and O–H groups in total. The molecule has 0 radical (unpaired) electrons. The van der Waals surface area contributed by atoms with Crippen molar-refractivity contribution in [2.75, 3.05) is 25.5 Å². The maximum absolute atomic E-state index is 13.3. The van der Waals surface area contributed by atoms with E-state index in [4.69, 9.17) is 10.5 Å². The molecule has 1 heterocycles. The lowest BCUT2D eigenvalue weighted by molar-refractivity contribution is -0.117. The Hall–Kier alpha value is -2.91. The summed E-state index contributed by atoms with van der Waals surface area (Å²) in [5.41, 5.74) is 6.64. The van der Waals surface area contributed by atoms with Gasteiger partial charge in [-0.3, -0.25) is 9.59 Å². The summed E-state index contributed by atoms with van der Waals surface area (Å²) in [5, 5.41) is 2.74. The Balaban J connectivity index is 1.83. The third kappa shape index (κ3) is 5.62. The van der Waals surface area contributed by atoms with Gasteiger partial charge in [-0.25, -0.2) is 8.42 Å². The van der Waals surface area contributed by atoms with Crippen LogP contribution in [-0.2, 0) is 21.2 Å². The molecule has 3 rings (SSSR count). The molecule has 0 aliphatic carbocycles. The summed E-state index contributed by atoms with van der Waals surface area (Å²) in [5.74, 6) is -0.678. The van der Waals surface area contributed by atoms with E-state index in [1.54, 1.807) is 24.3 Å². The van der Waals surface area contributed by atoms with Crippen LogP contribution in [-0.4, -0.2) is 44.7 Å². The normalized spacial score (nSPS) is 15.1. The fourth-order valence-electron chi connectivity index (χ4n) is 3.55. The second-order valence-electron chi connectivity index (χ2n) is 7.48. The van der Waals surface area contributed by atoms with Crippen LogP contribution in [0.4, 0.5) is 5.69 Å². The third-order valence-electron chi connectivity index (χ3n) is 5.20. The Bertz CT molecular complexity index is 1040. The average Bonchev–Trinajstić information content (AvgIpc) is 3.04. The van der Waals surface area contributed by atoms with Crippen LogP contribution < -0.4 is 15.8 Å². The van der Waals surface area contributed by atoms with Gasteiger partial charge >= 0.3 is 0 Å². The Morgan fingerprint density at radius 3 is 2.26 bits per heavy atom. The molecular weight excluding hydrogens is 418 g/mol. The lowest BCUT2D eigenvalue weighted by Crippen LogP contribution is -2.32. The molecule has 0 unspecified atom stereocenters. The van der Waals surface area contributed by atoms with Gasteiger partial charge in [-0.1, -0.05) is 25.0 Å². The van der Waals surface area contributed by atoms with Gasteiger partial charge in [0.25, 0.3) is 5.91 Å². The van der Waals surface area contributed by atoms with Crippen LogP contribution in [0.2, 0.25) is 0 Å². The molecule has 1 aliphatic rings. The Labute approximate surface area is 182 Å². The summed E-state index contributed by atoms with van der Waals surface area (Å²) in [6, 6.07) is 11.1. The van der Waals surface area contributed by atoms with Crippen LogP contribution in [0.1, 0.15) is 41.6 Å². The molecule has 1 aliphatic heterocycles. The maximum Gasteiger partial charge on any atom is 0.255 e. The first-order valence-electron chi connectivity index (χ1n) is 10.2. The van der Waals surface area contributed by atoms with Crippen LogP contribution in [0.5, 0.6) is 5.75 Å². The van der Waals surface area contributed by atoms with E-state index in [0.29, 0.717) is 18.8 Å². The Kier molecular flexibility index (Phi) is 7.29. The number of nitrogens with two attached hydrogens (primary N) is 1. The van der Waals surface area contributed by atoms with Gasteiger partial charge in [0.1, 0.15) is 10.6 Å². The van der Waals surface area contributed by atoms with Crippen molar-refractivity contribution in [3.8, 4) is 5.75 Å². The molecule has 2 aromatic rings. The van der Waals surface area contributed by atoms with E-state index < -0.39 is 21.8 Å². The van der Waals surface area contributed by atoms with E-state index in [2.05, 4.69) is 5.32 Å². The molecule has 31 heavy (non-hydrogen) atoms. The zero-order chi connectivity index (χ0) is 22.4. The number of primary amides is 1. The molecule has 166 valence electrons. The van der Waals surface area contributed by atoms with Gasteiger partial charge < -0.3 is 15.8 Å². The lowest BCUT2D eigenvalue weighted by Gasteiger charge is -2.21. The summed E-state index contributed by atoms with van der Waals surface area (Å²) in [7, 11) is -2.38. The molecule has 0 bridgehead atoms. The van der Waals surface area contributed by atoms with Gasteiger partial charge in [-0.2, -0.15) is 4.31 Å². The molecule has 1 fully saturated rings. The summed E-state index contributed by atoms with van der Waals surface area (Å²) >= 11 is 0. The number of benzene rings is 2. The molecule has 2 aromatic carbocycles. The molecule has 0 saturated carbocycles. The van der Waals surface area contributed by atoms with Gasteiger partial charge in [-0.15, -0.1) is 0 Å². The Morgan fingerprint density at radius 1 is 1.03 bits per heavy atom. The molecule has 9 heteroatoms. The van der Waals surface area contributed by atoms with Crippen molar-refractivity contribution in [1.29, 1.82) is 0 Å². The van der Waals surface area contributed by atoms with Crippen molar-refractivity contribution in [3.63, 3.8) is 0 Å². The lowest BCUT2D eigenvalue weighted by atomic mass is 10.1. The van der Waals surface area contributed by atoms with E-state index in [0.717, 1.165) is 31.2 Å². The first-order chi connectivity index (χ1) is 14.8. The van der Waals surface area contributed by atoms with E-state index in [-0.39, 0.29) is 22.6 Å². The number of nitrogens with zero attached hydrogens (tertiary/aromatic N) is 1. The number of sulfonamides is 1. The minimum absolute atomic E-state index is 0.0126. The van der Waals surface area contributed by atoms with Gasteiger partial charge in [0, 0.05) is 24.3 Å². The predicted molar refractivity (Wildman–Crippen MR) is 118 cm³/mol. The minimum Gasteiger partial charge on any atom is -0.495 e. The number of carbonyl (C=O) groups excluding carboxylic acids is 2. The Morgan fingerprint density at radius 2 is 1.68 bits per heavy atom. The van der Waals surface area contributed by atoms with Gasteiger partial charge in [0.15, 0.2) is 0 Å². The maximum atomic E-state index is 13.3. The second kappa shape index (κ2) is 9.93. The first kappa shape index (κ1) is 22.8. The van der Waals surface area contributed by atoms with Crippen LogP contribution in [0.3, 0.4) is 0 Å². The smallest absolute Gasteiger partial charge is 0.255 e. The average molecular weight is 446 g/mol. The number of amides is 2. The van der Waals surface area contributed by atoms with Crippen LogP contribution in [0.25, 0.3) is 0 Å². The highest BCUT2D eigenvalue weighted by Crippen LogP contribution is 2.29. The molecule has 0 atom stereocenters. The highest BCUT2D eigenvalue weighted by molar-refractivity contribution is 7.89. The zero-order valence-corrected chi connectivity index (χ0v) is 18.3. The number of carbonyl (C=O) groups is 2. The number of nitrogens with one attached hydrogen (secondary N) is 1. The highest BCUT2D eigenvalue weighted by Gasteiger charge is 2.29. The zero-order valence-electron chi connectivity index (χ0n) is 17.5. The monoisotopic (exact) mass is 445 g/mol. The van der Waals surface area contributed by atoms with E-state index in [1.807, 2.05) is 0 Å². The van der Waals surface area contributed by atoms with Crippen LogP contribution in [0, 0.1) is 0 Å². The number of rotatable bonds is 7. The van der Waals surface area contributed by atoms with Crippen molar-refractivity contribution < 1.29 is 22.7 Å². The van der Waals surface area contributed by atoms with E-state index in [9.17, 15) is 18.0 Å². The van der Waals surface area contributed by atoms with Crippen LogP contribution in [0.15, 0.2) is 47.4 Å². The number of methoxy groups -OCH3 is 1. The number of hydrogen-bond donors (Lipinski definition) is 2. The van der Waals surface area contributed by atoms with Gasteiger partial charge in [0.05, 0.1) is 13.5 Å². The summed E-state index contributed by atoms with van der Waals surface area (Å²) in [6.45, 7) is 0.916. The number of anilines is 1. The quantitative estimate of drug-likeness (QED) is 0.679. The standard InChI is InChI=1S/C22H27N3O5S/c1-30-19-11-8-17(15-20(19)31(28,29)25-12-4-2-3-5-13-25)22(27)24-18-9-6-16(7-10-18)14-21(23)26/h6-11,15H,2-5,12-14H2,1H3,(H2,23,26)(H,24,27). The SMILES string of the molecule is COc1ccc(C(=O)Nc2ccc(CC(N)=O)cc2)cc1S(=O)(=O)N1CCCCCC1. The number of hydrogen-bond acceptors (Lipinski definition) is 5. The molecule has 0 aromatic heterocycles. The summed E-state index contributed by atoms with van der Waals surface area (Å²) in [6.07, 6.45) is 3.75. The van der Waals surface area contributed by atoms with Crippen molar-refractivity contribution in [2.24, 2.45) is 5.73 Å². The molecule has 2 amide bonds. The third-order valence-corrected chi connectivity index (χ3v) is 7.12. The summed E-state index contributed by atoms with van der Waals surface area (Å²) in [4.78, 5) is 23.7. The van der Waals surface area contributed by atoms with Crippen molar-refractivity contribution in [3.05, 3.63) is 53.6 Å². The molecule has 0 spiro atoms. The fraction of sp³-hybridized carbons (Fsp3) is 0.364. The number of ether oxygens (including phenoxy) is 1. The summed E-state index contributed by atoms with van der Waals surface area (Å²) < 4.78 is 33.3. The highest BCUT2D eigenvalue weighted by atomic mass is 32.2. The van der Waals surface area contributed by atoms with E-state index >= 15 is 0 Å². The van der Waals surface area contributed by atoms with Gasteiger partial charge in [-0.05, 0) is 48.7 Å². The van der Waals surface area contributed by atoms with Crippen LogP contribution >= 0.6 is 0 Å². The molecule has 8 nitrogen and oxygen atoms in total. The fourth-order valence-corrected chi connectivity index (χ4v) is 5.25. The predicted octanol–water partition coefficient (Wildman–Crippen LogP) is 2.54.